The van der Waals surface area contributed by atoms with Crippen molar-refractivity contribution in [1.82, 2.24) is 15.2 Å². The normalized spacial score (nSPS) is 13.5. The number of aromatic amines is 1. The highest BCUT2D eigenvalue weighted by Crippen LogP contribution is 2.35. The number of fused-ring (bicyclic) bond motifs is 2. The topological polar surface area (TPSA) is 79.6 Å². The fraction of sp³-hybridized carbons (Fsp3) is 0.250. The van der Waals surface area contributed by atoms with Crippen molar-refractivity contribution < 1.29 is 0 Å². The molecule has 1 aliphatic carbocycles. The van der Waals surface area contributed by atoms with Crippen LogP contribution in [0.5, 0.6) is 0 Å². The largest absolute Gasteiger partial charge is 0.383 e. The van der Waals surface area contributed by atoms with Gasteiger partial charge in [0.15, 0.2) is 5.65 Å². The fourth-order valence-corrected chi connectivity index (χ4v) is 3.39. The van der Waals surface area contributed by atoms with Gasteiger partial charge in [0, 0.05) is 11.3 Å². The molecule has 0 spiro atoms. The Bertz CT molecular complexity index is 884. The molecule has 112 valence electrons. The van der Waals surface area contributed by atoms with E-state index in [1.165, 1.54) is 17.5 Å². The Balaban J connectivity index is 1.83. The van der Waals surface area contributed by atoms with Crippen molar-refractivity contribution in [2.75, 3.05) is 11.1 Å². The minimum absolute atomic E-state index is 0.447. The molecule has 0 radical (unpaired) electrons. The van der Waals surface area contributed by atoms with Crippen molar-refractivity contribution in [2.24, 2.45) is 0 Å². The molecule has 0 unspecified atom stereocenters. The SMILES string of the molecule is Cc1c(Nc2cccc3c2CCC3)nc2n[nH]c(N)c2c1Cl. The van der Waals surface area contributed by atoms with Gasteiger partial charge < -0.3 is 11.1 Å². The predicted molar refractivity (Wildman–Crippen MR) is 89.8 cm³/mol. The minimum Gasteiger partial charge on any atom is -0.383 e. The highest BCUT2D eigenvalue weighted by Gasteiger charge is 2.18. The van der Waals surface area contributed by atoms with Crippen LogP contribution in [-0.2, 0) is 12.8 Å². The maximum Gasteiger partial charge on any atom is 0.186 e. The zero-order valence-corrected chi connectivity index (χ0v) is 13.0. The van der Waals surface area contributed by atoms with Gasteiger partial charge in [-0.05, 0) is 43.4 Å². The Morgan fingerprint density at radius 1 is 1.32 bits per heavy atom. The molecular formula is C16H16ClN5. The summed E-state index contributed by atoms with van der Waals surface area (Å²) in [7, 11) is 0. The van der Waals surface area contributed by atoms with E-state index in [-0.39, 0.29) is 0 Å². The Morgan fingerprint density at radius 3 is 3.05 bits per heavy atom. The Hall–Kier alpha value is -2.27. The molecule has 5 nitrogen and oxygen atoms in total. The number of nitrogen functional groups attached to an aromatic ring is 1. The van der Waals surface area contributed by atoms with Gasteiger partial charge >= 0.3 is 0 Å². The maximum atomic E-state index is 6.44. The van der Waals surface area contributed by atoms with Crippen LogP contribution in [0.1, 0.15) is 23.1 Å². The van der Waals surface area contributed by atoms with Crippen LogP contribution in [0.25, 0.3) is 11.0 Å². The third-order valence-electron chi connectivity index (χ3n) is 4.30. The van der Waals surface area contributed by atoms with Crippen LogP contribution in [0.3, 0.4) is 0 Å². The van der Waals surface area contributed by atoms with Gasteiger partial charge in [-0.1, -0.05) is 23.7 Å². The van der Waals surface area contributed by atoms with Gasteiger partial charge in [-0.25, -0.2) is 4.98 Å². The lowest BCUT2D eigenvalue weighted by Gasteiger charge is -2.13. The second-order valence-corrected chi connectivity index (χ2v) is 6.04. The van der Waals surface area contributed by atoms with E-state index < -0.39 is 0 Å². The van der Waals surface area contributed by atoms with E-state index in [2.05, 4.69) is 38.7 Å². The Labute approximate surface area is 132 Å². The lowest BCUT2D eigenvalue weighted by atomic mass is 10.1. The van der Waals surface area contributed by atoms with Crippen molar-refractivity contribution in [2.45, 2.75) is 26.2 Å². The lowest BCUT2D eigenvalue weighted by molar-refractivity contribution is 0.912. The van der Waals surface area contributed by atoms with Crippen molar-refractivity contribution in [3.8, 4) is 0 Å². The Kier molecular flexibility index (Phi) is 2.97. The molecule has 3 aromatic rings. The molecule has 0 atom stereocenters. The fourth-order valence-electron chi connectivity index (χ4n) is 3.11. The number of hydrogen-bond donors (Lipinski definition) is 3. The molecule has 1 aliphatic rings. The third kappa shape index (κ3) is 1.93. The zero-order valence-electron chi connectivity index (χ0n) is 12.2. The number of H-pyrrole nitrogens is 1. The molecule has 0 amide bonds. The summed E-state index contributed by atoms with van der Waals surface area (Å²) in [5.74, 6) is 1.17. The monoisotopic (exact) mass is 313 g/mol. The quantitative estimate of drug-likeness (QED) is 0.673. The summed E-state index contributed by atoms with van der Waals surface area (Å²) in [4.78, 5) is 4.56. The van der Waals surface area contributed by atoms with Crippen molar-refractivity contribution in [3.63, 3.8) is 0 Å². The number of aromatic nitrogens is 3. The van der Waals surface area contributed by atoms with Gasteiger partial charge in [0.1, 0.15) is 11.6 Å². The molecule has 2 aromatic heterocycles. The highest BCUT2D eigenvalue weighted by molar-refractivity contribution is 6.37. The maximum absolute atomic E-state index is 6.44. The number of anilines is 3. The molecule has 0 aliphatic heterocycles. The summed E-state index contributed by atoms with van der Waals surface area (Å²) in [6.45, 7) is 1.94. The summed E-state index contributed by atoms with van der Waals surface area (Å²) in [5.41, 5.74) is 11.2. The van der Waals surface area contributed by atoms with Crippen molar-refractivity contribution >= 4 is 40.0 Å². The molecule has 1 aromatic carbocycles. The molecule has 0 saturated carbocycles. The molecule has 0 fully saturated rings. The van der Waals surface area contributed by atoms with E-state index in [1.807, 2.05) is 6.92 Å². The second kappa shape index (κ2) is 4.88. The minimum atomic E-state index is 0.447. The average Bonchev–Trinajstić information content (AvgIpc) is 3.12. The van der Waals surface area contributed by atoms with Crippen LogP contribution in [0, 0.1) is 6.92 Å². The molecule has 0 bridgehead atoms. The zero-order chi connectivity index (χ0) is 15.3. The van der Waals surface area contributed by atoms with Crippen LogP contribution in [-0.4, -0.2) is 15.2 Å². The summed E-state index contributed by atoms with van der Waals surface area (Å²) in [6.07, 6.45) is 3.45. The molecule has 6 heteroatoms. The van der Waals surface area contributed by atoms with Crippen molar-refractivity contribution in [3.05, 3.63) is 39.9 Å². The summed E-state index contributed by atoms with van der Waals surface area (Å²) in [6, 6.07) is 6.36. The second-order valence-electron chi connectivity index (χ2n) is 5.66. The summed E-state index contributed by atoms with van der Waals surface area (Å²) >= 11 is 6.44. The van der Waals surface area contributed by atoms with Gasteiger partial charge in [-0.3, -0.25) is 5.10 Å². The number of nitrogens with zero attached hydrogens (tertiary/aromatic N) is 2. The first kappa shape index (κ1) is 13.4. The summed E-state index contributed by atoms with van der Waals surface area (Å²) < 4.78 is 0. The van der Waals surface area contributed by atoms with Gasteiger partial charge in [-0.15, -0.1) is 0 Å². The van der Waals surface area contributed by atoms with E-state index in [0.29, 0.717) is 21.9 Å². The predicted octanol–water partition coefficient (Wildman–Crippen LogP) is 3.73. The first-order valence-corrected chi connectivity index (χ1v) is 7.70. The first-order chi connectivity index (χ1) is 10.6. The number of nitrogens with one attached hydrogen (secondary N) is 2. The summed E-state index contributed by atoms with van der Waals surface area (Å²) in [5, 5.41) is 11.5. The van der Waals surface area contributed by atoms with Gasteiger partial charge in [0.2, 0.25) is 0 Å². The molecule has 22 heavy (non-hydrogen) atoms. The van der Waals surface area contributed by atoms with E-state index in [4.69, 9.17) is 17.3 Å². The van der Waals surface area contributed by atoms with Crippen LogP contribution >= 0.6 is 11.6 Å². The number of aryl methyl sites for hydroxylation is 1. The van der Waals surface area contributed by atoms with E-state index in [9.17, 15) is 0 Å². The number of hydrogen-bond acceptors (Lipinski definition) is 4. The van der Waals surface area contributed by atoms with Gasteiger partial charge in [0.25, 0.3) is 0 Å². The number of pyridine rings is 1. The van der Waals surface area contributed by atoms with E-state index in [0.717, 1.165) is 29.9 Å². The smallest absolute Gasteiger partial charge is 0.186 e. The molecule has 4 rings (SSSR count). The average molecular weight is 314 g/mol. The number of benzene rings is 1. The lowest BCUT2D eigenvalue weighted by Crippen LogP contribution is -2.01. The van der Waals surface area contributed by atoms with E-state index >= 15 is 0 Å². The highest BCUT2D eigenvalue weighted by atomic mass is 35.5. The van der Waals surface area contributed by atoms with Crippen LogP contribution in [0.2, 0.25) is 5.02 Å². The number of halogens is 1. The van der Waals surface area contributed by atoms with Gasteiger partial charge in [0.05, 0.1) is 10.4 Å². The molecule has 0 saturated heterocycles. The number of nitrogens with two attached hydrogens (primary N) is 1. The molecular weight excluding hydrogens is 298 g/mol. The molecule has 4 N–H and O–H groups in total. The molecule has 2 heterocycles. The van der Waals surface area contributed by atoms with Crippen LogP contribution < -0.4 is 11.1 Å². The standard InChI is InChI=1S/C16H16ClN5/c1-8-13(17)12-14(18)21-22-16(12)20-15(8)19-11-7-3-5-9-4-2-6-10(9)11/h3,5,7H,2,4,6H2,1H3,(H4,18,19,20,21,22). The number of rotatable bonds is 2. The van der Waals surface area contributed by atoms with Gasteiger partial charge in [-0.2, -0.15) is 5.10 Å². The third-order valence-corrected chi connectivity index (χ3v) is 4.77. The van der Waals surface area contributed by atoms with Crippen LogP contribution in [0.4, 0.5) is 17.3 Å². The van der Waals surface area contributed by atoms with Crippen LogP contribution in [0.15, 0.2) is 18.2 Å². The van der Waals surface area contributed by atoms with Crippen molar-refractivity contribution in [1.29, 1.82) is 0 Å². The first-order valence-electron chi connectivity index (χ1n) is 7.32. The van der Waals surface area contributed by atoms with E-state index in [1.54, 1.807) is 0 Å². The Morgan fingerprint density at radius 2 is 2.18 bits per heavy atom.